The molecule has 3 N–H and O–H groups in total. The zero-order chi connectivity index (χ0) is 8.10. The van der Waals surface area contributed by atoms with Crippen molar-refractivity contribution in [3.8, 4) is 0 Å². The van der Waals surface area contributed by atoms with Crippen LogP contribution >= 0.6 is 0 Å². The third-order valence-electron chi connectivity index (χ3n) is 2.34. The minimum absolute atomic E-state index is 0.365. The fourth-order valence-corrected chi connectivity index (χ4v) is 1.65. The molecule has 1 aliphatic rings. The molecule has 0 unspecified atom stereocenters. The lowest BCUT2D eigenvalue weighted by Gasteiger charge is -2.28. The summed E-state index contributed by atoms with van der Waals surface area (Å²) in [6.07, 6.45) is 6.92. The minimum Gasteiger partial charge on any atom is -0.326 e. The van der Waals surface area contributed by atoms with Crippen molar-refractivity contribution in [3.05, 3.63) is 12.7 Å². The maximum atomic E-state index is 5.92. The second-order valence-corrected chi connectivity index (χ2v) is 3.25. The Hall–Kier alpha value is -0.340. The van der Waals surface area contributed by atoms with Crippen molar-refractivity contribution in [3.63, 3.8) is 0 Å². The van der Waals surface area contributed by atoms with Crippen LogP contribution < -0.4 is 11.1 Å². The second kappa shape index (κ2) is 4.52. The first-order valence-electron chi connectivity index (χ1n) is 4.44. The molecule has 0 aliphatic heterocycles. The van der Waals surface area contributed by atoms with Gasteiger partial charge in [-0.3, -0.25) is 0 Å². The highest BCUT2D eigenvalue weighted by Crippen LogP contribution is 2.16. The van der Waals surface area contributed by atoms with Crippen molar-refractivity contribution in [1.29, 1.82) is 0 Å². The van der Waals surface area contributed by atoms with E-state index in [-0.39, 0.29) is 0 Å². The fraction of sp³-hybridized carbons (Fsp3) is 0.778. The summed E-state index contributed by atoms with van der Waals surface area (Å²) in [5.41, 5.74) is 5.92. The van der Waals surface area contributed by atoms with Gasteiger partial charge >= 0.3 is 0 Å². The lowest BCUT2D eigenvalue weighted by atomic mass is 9.91. The summed E-state index contributed by atoms with van der Waals surface area (Å²) in [6.45, 7) is 4.55. The Morgan fingerprint density at radius 1 is 1.45 bits per heavy atom. The number of rotatable bonds is 3. The van der Waals surface area contributed by atoms with Gasteiger partial charge < -0.3 is 11.1 Å². The van der Waals surface area contributed by atoms with Gasteiger partial charge in [0.25, 0.3) is 0 Å². The molecule has 0 saturated heterocycles. The van der Waals surface area contributed by atoms with E-state index in [2.05, 4.69) is 11.9 Å². The van der Waals surface area contributed by atoms with Gasteiger partial charge in [-0.15, -0.1) is 6.58 Å². The van der Waals surface area contributed by atoms with E-state index >= 15 is 0 Å². The van der Waals surface area contributed by atoms with Crippen molar-refractivity contribution in [2.75, 3.05) is 6.54 Å². The third-order valence-corrected chi connectivity index (χ3v) is 2.34. The largest absolute Gasteiger partial charge is 0.326 e. The van der Waals surface area contributed by atoms with Crippen LogP contribution in [0.2, 0.25) is 0 Å². The van der Waals surface area contributed by atoms with Crippen LogP contribution in [0.1, 0.15) is 25.7 Å². The van der Waals surface area contributed by atoms with Gasteiger partial charge in [-0.1, -0.05) is 18.9 Å². The maximum absolute atomic E-state index is 5.92. The van der Waals surface area contributed by atoms with E-state index < -0.39 is 0 Å². The highest BCUT2D eigenvalue weighted by atomic mass is 14.9. The van der Waals surface area contributed by atoms with Crippen LogP contribution in [0.5, 0.6) is 0 Å². The number of nitrogens with two attached hydrogens (primary N) is 1. The lowest BCUT2D eigenvalue weighted by Crippen LogP contribution is -2.47. The molecule has 0 aromatic carbocycles. The van der Waals surface area contributed by atoms with Crippen LogP contribution in [0.25, 0.3) is 0 Å². The summed E-state index contributed by atoms with van der Waals surface area (Å²) in [4.78, 5) is 0. The summed E-state index contributed by atoms with van der Waals surface area (Å²) in [5, 5.41) is 3.38. The summed E-state index contributed by atoms with van der Waals surface area (Å²) >= 11 is 0. The highest BCUT2D eigenvalue weighted by molar-refractivity contribution is 4.85. The van der Waals surface area contributed by atoms with E-state index in [1.54, 1.807) is 0 Å². The number of hydrogen-bond acceptors (Lipinski definition) is 2. The van der Waals surface area contributed by atoms with Crippen molar-refractivity contribution in [2.45, 2.75) is 37.8 Å². The molecule has 0 aromatic heterocycles. The molecule has 1 aliphatic carbocycles. The summed E-state index contributed by atoms with van der Waals surface area (Å²) in [5.74, 6) is 0. The van der Waals surface area contributed by atoms with Crippen molar-refractivity contribution >= 4 is 0 Å². The molecular formula is C9H18N2. The van der Waals surface area contributed by atoms with Gasteiger partial charge in [-0.05, 0) is 12.8 Å². The number of hydrogen-bond donors (Lipinski definition) is 2. The van der Waals surface area contributed by atoms with Crippen LogP contribution in [-0.4, -0.2) is 18.6 Å². The maximum Gasteiger partial charge on any atom is 0.0221 e. The quantitative estimate of drug-likeness (QED) is 0.596. The molecule has 0 aromatic rings. The molecule has 0 amide bonds. The molecule has 0 spiro atoms. The first kappa shape index (κ1) is 8.75. The molecular weight excluding hydrogens is 136 g/mol. The molecule has 11 heavy (non-hydrogen) atoms. The average molecular weight is 154 g/mol. The SMILES string of the molecule is C=CCN[C@H]1CCCC[C@@H]1N. The Bertz CT molecular complexity index is 123. The third kappa shape index (κ3) is 2.64. The molecule has 0 heterocycles. The highest BCUT2D eigenvalue weighted by Gasteiger charge is 2.19. The zero-order valence-electron chi connectivity index (χ0n) is 7.05. The molecule has 0 radical (unpaired) electrons. The number of nitrogens with one attached hydrogen (secondary N) is 1. The lowest BCUT2D eigenvalue weighted by molar-refractivity contribution is 0.337. The standard InChI is InChI=1S/C9H18N2/c1-2-7-11-9-6-4-3-5-8(9)10/h2,8-9,11H,1,3-7,10H2/t8-,9-/m0/s1. The second-order valence-electron chi connectivity index (χ2n) is 3.25. The van der Waals surface area contributed by atoms with E-state index in [9.17, 15) is 0 Å². The van der Waals surface area contributed by atoms with Gasteiger partial charge in [-0.2, -0.15) is 0 Å². The average Bonchev–Trinajstić information content (AvgIpc) is 2.03. The molecule has 2 atom stereocenters. The Kier molecular flexibility index (Phi) is 3.60. The first-order valence-corrected chi connectivity index (χ1v) is 4.44. The normalized spacial score (nSPS) is 31.7. The predicted octanol–water partition coefficient (Wildman–Crippen LogP) is 1.03. The van der Waals surface area contributed by atoms with Gasteiger partial charge in [0.15, 0.2) is 0 Å². The Morgan fingerprint density at radius 3 is 2.82 bits per heavy atom. The molecule has 1 fully saturated rings. The van der Waals surface area contributed by atoms with Gasteiger partial charge in [0, 0.05) is 18.6 Å². The zero-order valence-corrected chi connectivity index (χ0v) is 7.05. The summed E-state index contributed by atoms with van der Waals surface area (Å²) in [7, 11) is 0. The van der Waals surface area contributed by atoms with Gasteiger partial charge in [-0.25, -0.2) is 0 Å². The van der Waals surface area contributed by atoms with Gasteiger partial charge in [0.2, 0.25) is 0 Å². The van der Waals surface area contributed by atoms with E-state index in [1.165, 1.54) is 25.7 Å². The van der Waals surface area contributed by atoms with E-state index in [1.807, 2.05) is 6.08 Å². The van der Waals surface area contributed by atoms with Crippen molar-refractivity contribution in [2.24, 2.45) is 5.73 Å². The Morgan fingerprint density at radius 2 is 2.18 bits per heavy atom. The van der Waals surface area contributed by atoms with E-state index in [0.29, 0.717) is 12.1 Å². The Labute approximate surface area is 68.9 Å². The molecule has 1 rings (SSSR count). The Balaban J connectivity index is 2.23. The van der Waals surface area contributed by atoms with Crippen LogP contribution in [0, 0.1) is 0 Å². The topological polar surface area (TPSA) is 38.0 Å². The fourth-order valence-electron chi connectivity index (χ4n) is 1.65. The van der Waals surface area contributed by atoms with E-state index in [4.69, 9.17) is 5.73 Å². The summed E-state index contributed by atoms with van der Waals surface area (Å²) in [6, 6.07) is 0.894. The van der Waals surface area contributed by atoms with Crippen molar-refractivity contribution in [1.82, 2.24) is 5.32 Å². The smallest absolute Gasteiger partial charge is 0.0221 e. The van der Waals surface area contributed by atoms with Gasteiger partial charge in [0.05, 0.1) is 0 Å². The van der Waals surface area contributed by atoms with Crippen LogP contribution in [0.4, 0.5) is 0 Å². The first-order chi connectivity index (χ1) is 5.34. The van der Waals surface area contributed by atoms with Crippen LogP contribution in [0.15, 0.2) is 12.7 Å². The molecule has 2 nitrogen and oxygen atoms in total. The summed E-state index contributed by atoms with van der Waals surface area (Å²) < 4.78 is 0. The molecule has 64 valence electrons. The van der Waals surface area contributed by atoms with Crippen molar-refractivity contribution < 1.29 is 0 Å². The molecule has 0 bridgehead atoms. The van der Waals surface area contributed by atoms with Gasteiger partial charge in [0.1, 0.15) is 0 Å². The molecule has 2 heteroatoms. The van der Waals surface area contributed by atoms with Crippen LogP contribution in [-0.2, 0) is 0 Å². The van der Waals surface area contributed by atoms with E-state index in [0.717, 1.165) is 6.54 Å². The minimum atomic E-state index is 0.365. The molecule has 1 saturated carbocycles. The van der Waals surface area contributed by atoms with Crippen LogP contribution in [0.3, 0.4) is 0 Å². The predicted molar refractivity (Wildman–Crippen MR) is 48.4 cm³/mol. The monoisotopic (exact) mass is 154 g/mol.